The van der Waals surface area contributed by atoms with E-state index in [1.165, 1.54) is 12.1 Å². The predicted octanol–water partition coefficient (Wildman–Crippen LogP) is 6.16. The van der Waals surface area contributed by atoms with Gasteiger partial charge in [0, 0.05) is 42.7 Å². The predicted molar refractivity (Wildman–Crippen MR) is 139 cm³/mol. The summed E-state index contributed by atoms with van der Waals surface area (Å²) in [5, 5.41) is 0. The van der Waals surface area contributed by atoms with Crippen molar-refractivity contribution < 1.29 is 26.9 Å². The van der Waals surface area contributed by atoms with Crippen LogP contribution in [-0.2, 0) is 24.4 Å². The van der Waals surface area contributed by atoms with E-state index in [2.05, 4.69) is 0 Å². The quantitative estimate of drug-likeness (QED) is 0.449. The molecule has 0 amide bonds. The van der Waals surface area contributed by atoms with Crippen LogP contribution in [0.3, 0.4) is 0 Å². The van der Waals surface area contributed by atoms with Gasteiger partial charge in [0.1, 0.15) is 22.2 Å². The van der Waals surface area contributed by atoms with E-state index >= 15 is 0 Å². The first-order valence-corrected chi connectivity index (χ1v) is 14.0. The third-order valence-electron chi connectivity index (χ3n) is 7.29. The van der Waals surface area contributed by atoms with Crippen molar-refractivity contribution in [2.45, 2.75) is 71.1 Å². The maximum atomic E-state index is 13.5. The highest BCUT2D eigenvalue weighted by Gasteiger charge is 2.47. The van der Waals surface area contributed by atoms with Crippen molar-refractivity contribution in [3.05, 3.63) is 82.3 Å². The number of carbonyl (C=O) groups excluding carboxylic acids is 2. The maximum Gasteiger partial charge on any atom is 0.339 e. The Morgan fingerprint density at radius 3 is 1.89 bits per heavy atom. The van der Waals surface area contributed by atoms with Crippen LogP contribution in [0.5, 0.6) is 5.75 Å². The molecule has 5 rings (SSSR count). The van der Waals surface area contributed by atoms with E-state index < -0.39 is 16.0 Å². The van der Waals surface area contributed by atoms with Crippen LogP contribution < -0.4 is 4.18 Å². The standard InChI is InChI=1S/C30H32O6S/c1-18-9-11-21(12-10-18)37(33,34)36-20-8-6-7-19(13-20)26-27-22(31)14-29(2,3)16-24(27)35-25-17-30(4,5)15-23(32)28(25)26/h6-13,26H,14-17H2,1-5H3. The van der Waals surface area contributed by atoms with E-state index in [0.717, 1.165) is 5.56 Å². The van der Waals surface area contributed by atoms with Crippen molar-refractivity contribution in [1.82, 2.24) is 0 Å². The average molecular weight is 521 g/mol. The molecule has 0 N–H and O–H groups in total. The van der Waals surface area contributed by atoms with Crippen LogP contribution in [0.25, 0.3) is 0 Å². The molecule has 1 heterocycles. The number of carbonyl (C=O) groups is 2. The second-order valence-corrected chi connectivity index (χ2v) is 13.6. The summed E-state index contributed by atoms with van der Waals surface area (Å²) in [4.78, 5) is 27.0. The molecule has 194 valence electrons. The molecule has 2 aromatic rings. The smallest absolute Gasteiger partial charge is 0.339 e. The van der Waals surface area contributed by atoms with Gasteiger partial charge in [-0.05, 0) is 47.6 Å². The number of Topliss-reactive ketones (excluding diaryl/α,β-unsaturated/α-hetero) is 2. The van der Waals surface area contributed by atoms with E-state index in [1.54, 1.807) is 30.3 Å². The number of aryl methyl sites for hydroxylation is 1. The van der Waals surface area contributed by atoms with Crippen molar-refractivity contribution in [2.75, 3.05) is 0 Å². The van der Waals surface area contributed by atoms with Crippen LogP contribution in [0, 0.1) is 17.8 Å². The largest absolute Gasteiger partial charge is 0.465 e. The molecule has 0 radical (unpaired) electrons. The van der Waals surface area contributed by atoms with Crippen LogP contribution >= 0.6 is 0 Å². The van der Waals surface area contributed by atoms with E-state index in [-0.39, 0.29) is 33.0 Å². The number of ether oxygens (including phenoxy) is 1. The molecule has 0 unspecified atom stereocenters. The van der Waals surface area contributed by atoms with Gasteiger partial charge in [0.25, 0.3) is 0 Å². The number of rotatable bonds is 4. The molecule has 0 atom stereocenters. The molecular formula is C30H32O6S. The zero-order chi connectivity index (χ0) is 26.8. The van der Waals surface area contributed by atoms with Crippen LogP contribution in [0.15, 0.2) is 76.1 Å². The molecule has 7 heteroatoms. The van der Waals surface area contributed by atoms with E-state index in [9.17, 15) is 18.0 Å². The van der Waals surface area contributed by atoms with Crippen molar-refractivity contribution in [3.63, 3.8) is 0 Å². The molecule has 3 aliphatic rings. The Hall–Kier alpha value is -3.19. The van der Waals surface area contributed by atoms with E-state index in [0.29, 0.717) is 53.9 Å². The lowest BCUT2D eigenvalue weighted by atomic mass is 9.65. The normalized spacial score (nSPS) is 21.3. The number of hydrogen-bond donors (Lipinski definition) is 0. The van der Waals surface area contributed by atoms with Gasteiger partial charge in [0.2, 0.25) is 0 Å². The van der Waals surface area contributed by atoms with Gasteiger partial charge in [-0.1, -0.05) is 57.5 Å². The highest BCUT2D eigenvalue weighted by molar-refractivity contribution is 7.87. The van der Waals surface area contributed by atoms with Gasteiger partial charge in [0.05, 0.1) is 0 Å². The fraction of sp³-hybridized carbons (Fsp3) is 0.400. The molecule has 0 aromatic heterocycles. The minimum absolute atomic E-state index is 0.0426. The Morgan fingerprint density at radius 2 is 1.35 bits per heavy atom. The third-order valence-corrected chi connectivity index (χ3v) is 8.55. The zero-order valence-electron chi connectivity index (χ0n) is 21.9. The summed E-state index contributed by atoms with van der Waals surface area (Å²) in [5.74, 6) is 0.666. The highest BCUT2D eigenvalue weighted by Crippen LogP contribution is 2.53. The molecule has 2 aromatic carbocycles. The van der Waals surface area contributed by atoms with Gasteiger partial charge >= 0.3 is 10.1 Å². The third kappa shape index (κ3) is 4.89. The van der Waals surface area contributed by atoms with Crippen LogP contribution in [0.1, 0.15) is 70.4 Å². The van der Waals surface area contributed by atoms with E-state index in [1.807, 2.05) is 40.7 Å². The molecule has 37 heavy (non-hydrogen) atoms. The maximum absolute atomic E-state index is 13.5. The van der Waals surface area contributed by atoms with Crippen molar-refractivity contribution >= 4 is 21.7 Å². The van der Waals surface area contributed by atoms with Crippen LogP contribution in [0.2, 0.25) is 0 Å². The molecule has 6 nitrogen and oxygen atoms in total. The zero-order valence-corrected chi connectivity index (χ0v) is 22.7. The highest BCUT2D eigenvalue weighted by atomic mass is 32.2. The first kappa shape index (κ1) is 25.5. The fourth-order valence-corrected chi connectivity index (χ4v) is 6.56. The summed E-state index contributed by atoms with van der Waals surface area (Å²) in [6, 6.07) is 13.1. The lowest BCUT2D eigenvalue weighted by molar-refractivity contribution is -0.120. The van der Waals surface area contributed by atoms with Crippen molar-refractivity contribution in [2.24, 2.45) is 10.8 Å². The first-order chi connectivity index (χ1) is 17.2. The molecule has 0 spiro atoms. The molecule has 0 saturated heterocycles. The van der Waals surface area contributed by atoms with Gasteiger partial charge in [-0.3, -0.25) is 9.59 Å². The topological polar surface area (TPSA) is 86.7 Å². The number of allylic oxidation sites excluding steroid dienone is 4. The van der Waals surface area contributed by atoms with Gasteiger partial charge < -0.3 is 8.92 Å². The summed E-state index contributed by atoms with van der Waals surface area (Å²) < 4.78 is 37.7. The first-order valence-electron chi connectivity index (χ1n) is 12.6. The number of hydrogen-bond acceptors (Lipinski definition) is 6. The van der Waals surface area contributed by atoms with Crippen molar-refractivity contribution in [1.29, 1.82) is 0 Å². The lowest BCUT2D eigenvalue weighted by Gasteiger charge is -2.42. The van der Waals surface area contributed by atoms with Crippen LogP contribution in [-0.4, -0.2) is 20.0 Å². The Bertz CT molecular complexity index is 1420. The molecule has 1 aliphatic heterocycles. The van der Waals surface area contributed by atoms with Crippen molar-refractivity contribution in [3.8, 4) is 5.75 Å². The minimum Gasteiger partial charge on any atom is -0.465 e. The number of ketones is 2. The van der Waals surface area contributed by atoms with Gasteiger partial charge in [-0.25, -0.2) is 0 Å². The van der Waals surface area contributed by atoms with Gasteiger partial charge in [-0.15, -0.1) is 0 Å². The fourth-order valence-electron chi connectivity index (χ4n) is 5.63. The molecule has 2 aliphatic carbocycles. The molecular weight excluding hydrogens is 488 g/mol. The van der Waals surface area contributed by atoms with Crippen LogP contribution in [0.4, 0.5) is 0 Å². The summed E-state index contributed by atoms with van der Waals surface area (Å²) >= 11 is 0. The summed E-state index contributed by atoms with van der Waals surface area (Å²) in [6.45, 7) is 10.0. The van der Waals surface area contributed by atoms with Gasteiger partial charge in [-0.2, -0.15) is 8.42 Å². The Kier molecular flexibility index (Phi) is 5.98. The molecule has 0 bridgehead atoms. The minimum atomic E-state index is -4.06. The average Bonchev–Trinajstić information content (AvgIpc) is 2.76. The monoisotopic (exact) mass is 520 g/mol. The Morgan fingerprint density at radius 1 is 0.811 bits per heavy atom. The van der Waals surface area contributed by atoms with Gasteiger partial charge in [0.15, 0.2) is 11.6 Å². The molecule has 0 fully saturated rings. The summed E-state index contributed by atoms with van der Waals surface area (Å²) in [5.41, 5.74) is 2.09. The Labute approximate surface area is 218 Å². The second-order valence-electron chi connectivity index (χ2n) is 12.0. The summed E-state index contributed by atoms with van der Waals surface area (Å²) in [6.07, 6.45) is 1.89. The second kappa shape index (κ2) is 8.69. The van der Waals surface area contributed by atoms with E-state index in [4.69, 9.17) is 8.92 Å². The number of benzene rings is 2. The SMILES string of the molecule is Cc1ccc(S(=O)(=O)Oc2cccc(C3C4=C(CC(C)(C)CC4=O)OC4=C3C(=O)CC(C)(C)C4)c2)cc1. The summed E-state index contributed by atoms with van der Waals surface area (Å²) in [7, 11) is -4.06. The lowest BCUT2D eigenvalue weighted by Crippen LogP contribution is -2.37. The molecule has 0 saturated carbocycles. The Balaban J connectivity index is 1.59.